The van der Waals surface area contributed by atoms with Crippen LogP contribution in [0.2, 0.25) is 0 Å². The predicted molar refractivity (Wildman–Crippen MR) is 103 cm³/mol. The number of aliphatic hydroxyl groups excluding tert-OH is 1. The molecule has 4 atom stereocenters. The van der Waals surface area contributed by atoms with Crippen LogP contribution < -0.4 is 0 Å². The van der Waals surface area contributed by atoms with Gasteiger partial charge in [0.05, 0.1) is 18.7 Å². The first-order valence-electron chi connectivity index (χ1n) is 9.66. The van der Waals surface area contributed by atoms with Crippen molar-refractivity contribution in [2.24, 2.45) is 18.9 Å². The van der Waals surface area contributed by atoms with Crippen molar-refractivity contribution in [3.05, 3.63) is 42.7 Å². The molecule has 0 aromatic carbocycles. The fraction of sp³-hybridized carbons (Fsp3) is 0.526. The standard InChI is InChI=1S/C19H24N6O2S/c1-23-12-20-22-19(23)28-18-4-3-15(27-18)11-24-9-13-7-16(25-6-2-5-21-25)17(26)8-14(13)10-24/h2-6,12-14,16-17,26H,7-11H2,1H3/t13-,14+,16-,17-/m1/s1. The molecular weight excluding hydrogens is 376 g/mol. The minimum Gasteiger partial charge on any atom is -0.453 e. The summed E-state index contributed by atoms with van der Waals surface area (Å²) in [6.07, 6.45) is 6.93. The number of aryl methyl sites for hydroxylation is 1. The largest absolute Gasteiger partial charge is 0.453 e. The van der Waals surface area contributed by atoms with Crippen molar-refractivity contribution in [2.45, 2.75) is 41.8 Å². The maximum absolute atomic E-state index is 10.6. The van der Waals surface area contributed by atoms with Gasteiger partial charge in [-0.15, -0.1) is 10.2 Å². The number of aromatic nitrogens is 5. The third-order valence-corrected chi connectivity index (χ3v) is 6.90. The first-order valence-corrected chi connectivity index (χ1v) is 10.5. The molecule has 9 heteroatoms. The van der Waals surface area contributed by atoms with Gasteiger partial charge in [-0.1, -0.05) is 0 Å². The molecule has 2 fully saturated rings. The minimum absolute atomic E-state index is 0.0919. The molecular formula is C19H24N6O2S. The molecule has 1 aliphatic heterocycles. The van der Waals surface area contributed by atoms with Crippen molar-refractivity contribution in [2.75, 3.05) is 13.1 Å². The molecule has 148 valence electrons. The Balaban J connectivity index is 1.21. The number of nitrogens with zero attached hydrogens (tertiary/aromatic N) is 6. The number of fused-ring (bicyclic) bond motifs is 1. The van der Waals surface area contributed by atoms with Crippen LogP contribution in [-0.2, 0) is 13.6 Å². The minimum atomic E-state index is -0.320. The normalized spacial score (nSPS) is 27.9. The number of hydrogen-bond donors (Lipinski definition) is 1. The maximum atomic E-state index is 10.6. The number of hydrogen-bond acceptors (Lipinski definition) is 7. The Labute approximate surface area is 167 Å². The second-order valence-corrected chi connectivity index (χ2v) is 8.83. The topological polar surface area (TPSA) is 85.1 Å². The molecule has 4 heterocycles. The van der Waals surface area contributed by atoms with Crippen LogP contribution in [0.4, 0.5) is 0 Å². The number of likely N-dealkylation sites (tertiary alicyclic amines) is 1. The molecule has 0 spiro atoms. The van der Waals surface area contributed by atoms with E-state index in [1.807, 2.05) is 40.7 Å². The Kier molecular flexibility index (Phi) is 4.73. The van der Waals surface area contributed by atoms with E-state index in [2.05, 4.69) is 20.2 Å². The number of rotatable bonds is 5. The zero-order chi connectivity index (χ0) is 19.1. The predicted octanol–water partition coefficient (Wildman–Crippen LogP) is 2.20. The molecule has 5 rings (SSSR count). The molecule has 1 saturated carbocycles. The van der Waals surface area contributed by atoms with Crippen molar-refractivity contribution in [3.63, 3.8) is 0 Å². The SMILES string of the molecule is Cn1cnnc1Sc1ccc(CN2C[C@H]3C[C@@H](n4cccn4)[C@H](O)C[C@H]3C2)o1. The maximum Gasteiger partial charge on any atom is 0.198 e. The zero-order valence-electron chi connectivity index (χ0n) is 15.8. The number of furan rings is 1. The molecule has 1 saturated heterocycles. The van der Waals surface area contributed by atoms with Gasteiger partial charge in [-0.2, -0.15) is 5.10 Å². The van der Waals surface area contributed by atoms with Crippen LogP contribution in [0.5, 0.6) is 0 Å². The van der Waals surface area contributed by atoms with Gasteiger partial charge in [0, 0.05) is 32.5 Å². The fourth-order valence-electron chi connectivity index (χ4n) is 4.57. The van der Waals surface area contributed by atoms with Gasteiger partial charge < -0.3 is 14.1 Å². The number of aliphatic hydroxyl groups is 1. The molecule has 2 aliphatic rings. The molecule has 1 aliphatic carbocycles. The van der Waals surface area contributed by atoms with Gasteiger partial charge in [-0.25, -0.2) is 0 Å². The highest BCUT2D eigenvalue weighted by molar-refractivity contribution is 7.99. The fourth-order valence-corrected chi connectivity index (χ4v) is 5.31. The average molecular weight is 401 g/mol. The molecule has 0 unspecified atom stereocenters. The van der Waals surface area contributed by atoms with Gasteiger partial charge in [0.2, 0.25) is 0 Å². The highest BCUT2D eigenvalue weighted by Gasteiger charge is 2.42. The van der Waals surface area contributed by atoms with Gasteiger partial charge in [0.15, 0.2) is 10.2 Å². The molecule has 1 N–H and O–H groups in total. The molecule has 3 aromatic heterocycles. The lowest BCUT2D eigenvalue weighted by Gasteiger charge is -2.35. The summed E-state index contributed by atoms with van der Waals surface area (Å²) < 4.78 is 9.80. The molecule has 8 nitrogen and oxygen atoms in total. The van der Waals surface area contributed by atoms with Crippen molar-refractivity contribution in [1.29, 1.82) is 0 Å². The van der Waals surface area contributed by atoms with Crippen molar-refractivity contribution in [3.8, 4) is 0 Å². The van der Waals surface area contributed by atoms with Crippen LogP contribution in [0.3, 0.4) is 0 Å². The van der Waals surface area contributed by atoms with E-state index < -0.39 is 0 Å². The van der Waals surface area contributed by atoms with Crippen molar-refractivity contribution >= 4 is 11.8 Å². The summed E-state index contributed by atoms with van der Waals surface area (Å²) in [4.78, 5) is 2.45. The smallest absolute Gasteiger partial charge is 0.198 e. The van der Waals surface area contributed by atoms with E-state index in [-0.39, 0.29) is 12.1 Å². The summed E-state index contributed by atoms with van der Waals surface area (Å²) in [5, 5.41) is 24.6. The monoisotopic (exact) mass is 400 g/mol. The van der Waals surface area contributed by atoms with Crippen LogP contribution in [0.1, 0.15) is 24.6 Å². The second kappa shape index (κ2) is 7.38. The Morgan fingerprint density at radius 1 is 1.25 bits per heavy atom. The quantitative estimate of drug-likeness (QED) is 0.703. The summed E-state index contributed by atoms with van der Waals surface area (Å²) in [6.45, 7) is 2.86. The van der Waals surface area contributed by atoms with Gasteiger partial charge in [0.1, 0.15) is 12.1 Å². The third-order valence-electron chi connectivity index (χ3n) is 5.93. The highest BCUT2D eigenvalue weighted by Crippen LogP contribution is 2.41. The third kappa shape index (κ3) is 3.49. The Morgan fingerprint density at radius 2 is 2.11 bits per heavy atom. The Bertz CT molecular complexity index is 923. The summed E-state index contributed by atoms with van der Waals surface area (Å²) in [5.41, 5.74) is 0. The van der Waals surface area contributed by atoms with Crippen LogP contribution in [0.25, 0.3) is 0 Å². The van der Waals surface area contributed by atoms with Gasteiger partial charge in [-0.3, -0.25) is 9.58 Å². The summed E-state index contributed by atoms with van der Waals surface area (Å²) in [5.74, 6) is 2.11. The zero-order valence-corrected chi connectivity index (χ0v) is 16.6. The second-order valence-electron chi connectivity index (χ2n) is 7.85. The molecule has 0 radical (unpaired) electrons. The molecule has 3 aromatic rings. The van der Waals surface area contributed by atoms with Crippen LogP contribution in [-0.4, -0.2) is 53.7 Å². The summed E-state index contributed by atoms with van der Waals surface area (Å²) in [6, 6.07) is 6.05. The first-order chi connectivity index (χ1) is 13.7. The van der Waals surface area contributed by atoms with E-state index in [0.717, 1.165) is 48.5 Å². The lowest BCUT2D eigenvalue weighted by atomic mass is 9.77. The van der Waals surface area contributed by atoms with Crippen LogP contribution >= 0.6 is 11.8 Å². The summed E-state index contributed by atoms with van der Waals surface area (Å²) in [7, 11) is 1.92. The van der Waals surface area contributed by atoms with Crippen LogP contribution in [0, 0.1) is 11.8 Å². The van der Waals surface area contributed by atoms with Crippen LogP contribution in [0.15, 0.2) is 51.6 Å². The van der Waals surface area contributed by atoms with Crippen molar-refractivity contribution in [1.82, 2.24) is 29.4 Å². The Hall–Kier alpha value is -2.10. The first kappa shape index (κ1) is 18.0. The van der Waals surface area contributed by atoms with E-state index in [1.54, 1.807) is 12.5 Å². The van der Waals surface area contributed by atoms with E-state index >= 15 is 0 Å². The summed E-state index contributed by atoms with van der Waals surface area (Å²) >= 11 is 1.48. The Morgan fingerprint density at radius 3 is 2.86 bits per heavy atom. The molecule has 28 heavy (non-hydrogen) atoms. The highest BCUT2D eigenvalue weighted by atomic mass is 32.2. The lowest BCUT2D eigenvalue weighted by Crippen LogP contribution is -2.36. The van der Waals surface area contributed by atoms with E-state index in [9.17, 15) is 5.11 Å². The van der Waals surface area contributed by atoms with Crippen molar-refractivity contribution < 1.29 is 9.52 Å². The average Bonchev–Trinajstić information content (AvgIpc) is 3.44. The van der Waals surface area contributed by atoms with E-state index in [1.165, 1.54) is 11.8 Å². The van der Waals surface area contributed by atoms with E-state index in [0.29, 0.717) is 11.8 Å². The van der Waals surface area contributed by atoms with Gasteiger partial charge in [0.25, 0.3) is 0 Å². The molecule has 0 bridgehead atoms. The van der Waals surface area contributed by atoms with E-state index in [4.69, 9.17) is 4.42 Å². The lowest BCUT2D eigenvalue weighted by molar-refractivity contribution is 0.0306. The van der Waals surface area contributed by atoms with Gasteiger partial charge in [-0.05, 0) is 54.6 Å². The van der Waals surface area contributed by atoms with Gasteiger partial charge >= 0.3 is 0 Å². The molecule has 0 amide bonds.